The van der Waals surface area contributed by atoms with E-state index in [0.29, 0.717) is 12.8 Å². The van der Waals surface area contributed by atoms with Crippen LogP contribution in [0.5, 0.6) is 0 Å². The standard InChI is InChI=1S/C26H30N2O2/c1-25(2)16-26(3,23-19(12-14-29)17-8-4-6-10-21(17)27-23)28-22-11-7-5-9-18(22)20(13-15-30)24(25)28/h4-11,27,29-30H,12-16H2,1-3H3. The molecule has 0 amide bonds. The molecule has 3 heterocycles. The molecule has 2 aromatic carbocycles. The quantitative estimate of drug-likeness (QED) is 0.455. The topological polar surface area (TPSA) is 61.2 Å². The van der Waals surface area contributed by atoms with Crippen LogP contribution in [0.2, 0.25) is 0 Å². The van der Waals surface area contributed by atoms with Gasteiger partial charge in [-0.25, -0.2) is 0 Å². The third kappa shape index (κ3) is 2.53. The summed E-state index contributed by atoms with van der Waals surface area (Å²) < 4.78 is 2.51. The van der Waals surface area contributed by atoms with Gasteiger partial charge in [-0.1, -0.05) is 50.2 Å². The lowest BCUT2D eigenvalue weighted by Gasteiger charge is -2.30. The van der Waals surface area contributed by atoms with Crippen molar-refractivity contribution >= 4 is 21.8 Å². The Balaban J connectivity index is 1.86. The van der Waals surface area contributed by atoms with Gasteiger partial charge in [-0.2, -0.15) is 0 Å². The highest BCUT2D eigenvalue weighted by molar-refractivity contribution is 5.89. The summed E-state index contributed by atoms with van der Waals surface area (Å²) in [5, 5.41) is 22.1. The minimum Gasteiger partial charge on any atom is -0.396 e. The zero-order valence-electron chi connectivity index (χ0n) is 18.0. The highest BCUT2D eigenvalue weighted by atomic mass is 16.3. The van der Waals surface area contributed by atoms with E-state index < -0.39 is 0 Å². The summed E-state index contributed by atoms with van der Waals surface area (Å²) in [4.78, 5) is 3.73. The third-order valence-corrected chi connectivity index (χ3v) is 6.98. The van der Waals surface area contributed by atoms with E-state index in [4.69, 9.17) is 0 Å². The van der Waals surface area contributed by atoms with E-state index in [-0.39, 0.29) is 24.2 Å². The van der Waals surface area contributed by atoms with Gasteiger partial charge >= 0.3 is 0 Å². The summed E-state index contributed by atoms with van der Waals surface area (Å²) in [6.45, 7) is 7.24. The maximum absolute atomic E-state index is 9.84. The van der Waals surface area contributed by atoms with Crippen molar-refractivity contribution in [3.8, 4) is 0 Å². The van der Waals surface area contributed by atoms with Crippen molar-refractivity contribution in [1.29, 1.82) is 0 Å². The Hall–Kier alpha value is -2.56. The van der Waals surface area contributed by atoms with Crippen molar-refractivity contribution in [1.82, 2.24) is 9.55 Å². The van der Waals surface area contributed by atoms with Gasteiger partial charge in [0.1, 0.15) is 0 Å². The number of aliphatic hydroxyl groups excluding tert-OH is 2. The molecule has 0 aliphatic carbocycles. The lowest BCUT2D eigenvalue weighted by molar-refractivity contribution is 0.297. The smallest absolute Gasteiger partial charge is 0.0831 e. The second-order valence-corrected chi connectivity index (χ2v) is 9.49. The predicted molar refractivity (Wildman–Crippen MR) is 122 cm³/mol. The number of aromatic amines is 1. The monoisotopic (exact) mass is 402 g/mol. The van der Waals surface area contributed by atoms with Crippen LogP contribution in [-0.4, -0.2) is 33.0 Å². The molecule has 156 valence electrons. The fourth-order valence-corrected chi connectivity index (χ4v) is 6.15. The minimum atomic E-state index is -0.268. The van der Waals surface area contributed by atoms with Gasteiger partial charge in [0.15, 0.2) is 0 Å². The summed E-state index contributed by atoms with van der Waals surface area (Å²) >= 11 is 0. The van der Waals surface area contributed by atoms with Crippen LogP contribution < -0.4 is 0 Å². The van der Waals surface area contributed by atoms with Gasteiger partial charge in [0.25, 0.3) is 0 Å². The Morgan fingerprint density at radius 3 is 2.23 bits per heavy atom. The number of nitrogens with zero attached hydrogens (tertiary/aromatic N) is 1. The first kappa shape index (κ1) is 19.4. The fraction of sp³-hybridized carbons (Fsp3) is 0.385. The molecule has 0 saturated heterocycles. The number of para-hydroxylation sites is 2. The first-order chi connectivity index (χ1) is 14.4. The highest BCUT2D eigenvalue weighted by Gasteiger charge is 2.50. The minimum absolute atomic E-state index is 0.0357. The second kappa shape index (κ2) is 6.73. The molecule has 1 atom stereocenters. The molecule has 0 fully saturated rings. The first-order valence-electron chi connectivity index (χ1n) is 10.9. The molecule has 4 nitrogen and oxygen atoms in total. The molecule has 0 saturated carbocycles. The van der Waals surface area contributed by atoms with Crippen LogP contribution >= 0.6 is 0 Å². The number of hydrogen-bond acceptors (Lipinski definition) is 2. The van der Waals surface area contributed by atoms with Crippen molar-refractivity contribution in [2.75, 3.05) is 13.2 Å². The molecular formula is C26H30N2O2. The summed E-state index contributed by atoms with van der Waals surface area (Å²) in [5.41, 5.74) is 7.03. The van der Waals surface area contributed by atoms with Crippen LogP contribution in [0, 0.1) is 0 Å². The summed E-state index contributed by atoms with van der Waals surface area (Å²) in [6, 6.07) is 17.0. The van der Waals surface area contributed by atoms with Gasteiger partial charge < -0.3 is 19.8 Å². The fourth-order valence-electron chi connectivity index (χ4n) is 6.15. The van der Waals surface area contributed by atoms with E-state index in [1.807, 2.05) is 0 Å². The number of nitrogens with one attached hydrogen (secondary N) is 1. The van der Waals surface area contributed by atoms with Crippen LogP contribution in [0.3, 0.4) is 0 Å². The number of H-pyrrole nitrogens is 1. The van der Waals surface area contributed by atoms with Crippen LogP contribution in [0.15, 0.2) is 48.5 Å². The van der Waals surface area contributed by atoms with E-state index in [2.05, 4.69) is 78.9 Å². The van der Waals surface area contributed by atoms with Crippen LogP contribution in [-0.2, 0) is 23.8 Å². The van der Waals surface area contributed by atoms with Crippen LogP contribution in [0.4, 0.5) is 0 Å². The number of aliphatic hydroxyl groups is 2. The zero-order chi connectivity index (χ0) is 21.1. The Morgan fingerprint density at radius 1 is 0.867 bits per heavy atom. The SMILES string of the molecule is CC1(C)CC(C)(c2[nH]c3ccccc3c2CCO)n2c1c(CCO)c1ccccc12. The molecule has 0 radical (unpaired) electrons. The molecule has 1 unspecified atom stereocenters. The molecule has 1 aliphatic heterocycles. The number of rotatable bonds is 5. The number of benzene rings is 2. The average Bonchev–Trinajstić information content (AvgIpc) is 3.33. The van der Waals surface area contributed by atoms with Gasteiger partial charge in [0.2, 0.25) is 0 Å². The molecular weight excluding hydrogens is 372 g/mol. The lowest BCUT2D eigenvalue weighted by atomic mass is 9.77. The molecule has 4 heteroatoms. The van der Waals surface area contributed by atoms with Crippen molar-refractivity contribution in [2.24, 2.45) is 0 Å². The Morgan fingerprint density at radius 2 is 1.50 bits per heavy atom. The van der Waals surface area contributed by atoms with E-state index >= 15 is 0 Å². The predicted octanol–water partition coefficient (Wildman–Crippen LogP) is 4.64. The second-order valence-electron chi connectivity index (χ2n) is 9.49. The third-order valence-electron chi connectivity index (χ3n) is 6.98. The van der Waals surface area contributed by atoms with Crippen molar-refractivity contribution < 1.29 is 10.2 Å². The average molecular weight is 403 g/mol. The van der Waals surface area contributed by atoms with Crippen molar-refractivity contribution in [3.63, 3.8) is 0 Å². The summed E-state index contributed by atoms with van der Waals surface area (Å²) in [7, 11) is 0. The molecule has 0 bridgehead atoms. The van der Waals surface area contributed by atoms with Gasteiger partial charge in [0.05, 0.1) is 5.54 Å². The highest BCUT2D eigenvalue weighted by Crippen LogP contribution is 2.53. The van der Waals surface area contributed by atoms with E-state index in [1.165, 1.54) is 38.8 Å². The molecule has 0 spiro atoms. The lowest BCUT2D eigenvalue weighted by Crippen LogP contribution is -2.30. The molecule has 2 aromatic heterocycles. The number of hydrogen-bond donors (Lipinski definition) is 3. The molecule has 5 rings (SSSR count). The maximum atomic E-state index is 9.84. The van der Waals surface area contributed by atoms with E-state index in [0.717, 1.165) is 11.9 Å². The Labute approximate surface area is 177 Å². The molecule has 3 N–H and O–H groups in total. The first-order valence-corrected chi connectivity index (χ1v) is 10.9. The van der Waals surface area contributed by atoms with Crippen molar-refractivity contribution in [3.05, 3.63) is 71.0 Å². The maximum Gasteiger partial charge on any atom is 0.0831 e. The summed E-state index contributed by atoms with van der Waals surface area (Å²) in [5.74, 6) is 0. The molecule has 1 aliphatic rings. The molecule has 30 heavy (non-hydrogen) atoms. The number of aromatic nitrogens is 2. The van der Waals surface area contributed by atoms with Crippen LogP contribution in [0.1, 0.15) is 49.7 Å². The van der Waals surface area contributed by atoms with Gasteiger partial charge in [0, 0.05) is 51.8 Å². The zero-order valence-corrected chi connectivity index (χ0v) is 18.0. The van der Waals surface area contributed by atoms with Crippen LogP contribution in [0.25, 0.3) is 21.8 Å². The largest absolute Gasteiger partial charge is 0.396 e. The van der Waals surface area contributed by atoms with Crippen molar-refractivity contribution in [2.45, 2.75) is 51.0 Å². The van der Waals surface area contributed by atoms with E-state index in [1.54, 1.807) is 0 Å². The van der Waals surface area contributed by atoms with Gasteiger partial charge in [-0.3, -0.25) is 0 Å². The molecule has 4 aromatic rings. The van der Waals surface area contributed by atoms with Gasteiger partial charge in [-0.15, -0.1) is 0 Å². The Kier molecular flexibility index (Phi) is 4.35. The van der Waals surface area contributed by atoms with E-state index in [9.17, 15) is 10.2 Å². The van der Waals surface area contributed by atoms with Gasteiger partial charge in [-0.05, 0) is 49.4 Å². The number of fused-ring (bicyclic) bond motifs is 4. The normalized spacial score (nSPS) is 20.3. The summed E-state index contributed by atoms with van der Waals surface area (Å²) in [6.07, 6.45) is 2.26. The Bertz CT molecular complexity index is 1250.